The van der Waals surface area contributed by atoms with Gasteiger partial charge in [-0.05, 0) is 62.0 Å². The van der Waals surface area contributed by atoms with Gasteiger partial charge in [-0.3, -0.25) is 9.59 Å². The summed E-state index contributed by atoms with van der Waals surface area (Å²) in [7, 11) is 0. The van der Waals surface area contributed by atoms with Crippen molar-refractivity contribution in [3.8, 4) is 0 Å². The molecule has 2 fully saturated rings. The third-order valence-corrected chi connectivity index (χ3v) is 6.43. The highest BCUT2D eigenvalue weighted by Gasteiger charge is 2.40. The number of amides is 2. The second-order valence-corrected chi connectivity index (χ2v) is 8.24. The van der Waals surface area contributed by atoms with Crippen LogP contribution < -0.4 is 16.0 Å². The summed E-state index contributed by atoms with van der Waals surface area (Å²) >= 11 is 0. The first-order valence-corrected chi connectivity index (χ1v) is 10.0. The van der Waals surface area contributed by atoms with E-state index in [1.165, 1.54) is 6.42 Å². The summed E-state index contributed by atoms with van der Waals surface area (Å²) in [5.41, 5.74) is 8.25. The van der Waals surface area contributed by atoms with Gasteiger partial charge in [-0.15, -0.1) is 12.4 Å². The van der Waals surface area contributed by atoms with Gasteiger partial charge in [0.25, 0.3) is 0 Å². The monoisotopic (exact) mass is 391 g/mol. The molecule has 2 unspecified atom stereocenters. The van der Waals surface area contributed by atoms with Crippen LogP contribution in [0.25, 0.3) is 0 Å². The Morgan fingerprint density at radius 2 is 1.81 bits per heavy atom. The minimum absolute atomic E-state index is 0. The van der Waals surface area contributed by atoms with Crippen LogP contribution in [0.3, 0.4) is 0 Å². The number of carbonyl (C=O) groups is 2. The second-order valence-electron chi connectivity index (χ2n) is 8.24. The van der Waals surface area contributed by atoms with Crippen LogP contribution in [0.4, 0.5) is 5.69 Å². The van der Waals surface area contributed by atoms with E-state index in [2.05, 4.69) is 11.4 Å². The van der Waals surface area contributed by atoms with Crippen LogP contribution in [0, 0.1) is 11.8 Å². The maximum absolute atomic E-state index is 12.8. The fourth-order valence-electron chi connectivity index (χ4n) is 5.26. The third-order valence-electron chi connectivity index (χ3n) is 6.43. The largest absolute Gasteiger partial charge is 0.351 e. The predicted octanol–water partition coefficient (Wildman–Crippen LogP) is 2.80. The average Bonchev–Trinajstić information content (AvgIpc) is 2.75. The van der Waals surface area contributed by atoms with Gasteiger partial charge in [-0.25, -0.2) is 0 Å². The number of nitrogens with one attached hydrogen (secondary N) is 1. The van der Waals surface area contributed by atoms with E-state index >= 15 is 0 Å². The lowest BCUT2D eigenvalue weighted by molar-refractivity contribution is -0.125. The molecule has 0 radical (unpaired) electrons. The van der Waals surface area contributed by atoms with Gasteiger partial charge in [0.1, 0.15) is 6.54 Å². The van der Waals surface area contributed by atoms with Crippen LogP contribution >= 0.6 is 12.4 Å². The normalized spacial score (nSPS) is 30.0. The van der Waals surface area contributed by atoms with Crippen LogP contribution in [0.15, 0.2) is 24.3 Å². The molecule has 2 saturated carbocycles. The minimum atomic E-state index is -0.0348. The molecule has 2 amide bonds. The first-order valence-electron chi connectivity index (χ1n) is 10.0. The Balaban J connectivity index is 0.00000210. The van der Waals surface area contributed by atoms with E-state index in [1.54, 1.807) is 4.90 Å². The average molecular weight is 392 g/mol. The molecule has 27 heavy (non-hydrogen) atoms. The number of hydrogen-bond acceptors (Lipinski definition) is 3. The molecule has 2 bridgehead atoms. The van der Waals surface area contributed by atoms with E-state index in [4.69, 9.17) is 5.73 Å². The standard InChI is InChI=1S/C21H29N3O2.ClH/c22-17-11-15-7-3-8-16(12-17)21(15)23-19(25)13-24-18-9-2-1-5-14(18)6-4-10-20(24)26;/h1-2,5,9,15-17,21H,3-4,6-8,10-13,22H2,(H,23,25);1H. The Kier molecular flexibility index (Phi) is 6.43. The lowest BCUT2D eigenvalue weighted by atomic mass is 9.67. The molecule has 0 saturated heterocycles. The zero-order valence-electron chi connectivity index (χ0n) is 15.7. The number of para-hydroxylation sites is 1. The van der Waals surface area contributed by atoms with Crippen LogP contribution in [-0.4, -0.2) is 30.4 Å². The number of rotatable bonds is 3. The molecular formula is C21H30ClN3O2. The van der Waals surface area contributed by atoms with Gasteiger partial charge in [0, 0.05) is 24.2 Å². The topological polar surface area (TPSA) is 75.4 Å². The van der Waals surface area contributed by atoms with Crippen molar-refractivity contribution in [3.63, 3.8) is 0 Å². The summed E-state index contributed by atoms with van der Waals surface area (Å²) in [5.74, 6) is 1.01. The zero-order valence-corrected chi connectivity index (χ0v) is 16.5. The minimum Gasteiger partial charge on any atom is -0.351 e. The smallest absolute Gasteiger partial charge is 0.240 e. The highest BCUT2D eigenvalue weighted by atomic mass is 35.5. The second kappa shape index (κ2) is 8.61. The number of carbonyl (C=O) groups excluding carboxylic acids is 2. The van der Waals surface area contributed by atoms with Crippen LogP contribution in [0.2, 0.25) is 0 Å². The van der Waals surface area contributed by atoms with Gasteiger partial charge in [-0.2, -0.15) is 0 Å². The van der Waals surface area contributed by atoms with Gasteiger partial charge in [0.2, 0.25) is 11.8 Å². The first-order chi connectivity index (χ1) is 12.6. The highest BCUT2D eigenvalue weighted by molar-refractivity contribution is 5.99. The maximum atomic E-state index is 12.8. The van der Waals surface area contributed by atoms with E-state index in [1.807, 2.05) is 18.2 Å². The SMILES string of the molecule is Cl.NC1CC2CCCC(C1)C2NC(=O)CN1C(=O)CCCc2ccccc21. The number of benzene rings is 1. The molecule has 148 valence electrons. The molecule has 2 aliphatic carbocycles. The van der Waals surface area contributed by atoms with Crippen molar-refractivity contribution < 1.29 is 9.59 Å². The van der Waals surface area contributed by atoms with Gasteiger partial charge < -0.3 is 16.0 Å². The number of nitrogens with two attached hydrogens (primary N) is 1. The number of aryl methyl sites for hydroxylation is 1. The Morgan fingerprint density at radius 3 is 2.56 bits per heavy atom. The Labute approximate surface area is 167 Å². The number of anilines is 1. The molecule has 3 aliphatic rings. The maximum Gasteiger partial charge on any atom is 0.240 e. The molecule has 1 aromatic carbocycles. The fraction of sp³-hybridized carbons (Fsp3) is 0.619. The molecule has 5 nitrogen and oxygen atoms in total. The summed E-state index contributed by atoms with van der Waals surface area (Å²) in [6, 6.07) is 8.46. The molecule has 1 aromatic rings. The van der Waals surface area contributed by atoms with E-state index in [0.717, 1.165) is 49.8 Å². The van der Waals surface area contributed by atoms with Crippen molar-refractivity contribution in [2.75, 3.05) is 11.4 Å². The lowest BCUT2D eigenvalue weighted by Gasteiger charge is -2.45. The number of nitrogens with zero attached hydrogens (tertiary/aromatic N) is 1. The molecular weight excluding hydrogens is 362 g/mol. The van der Waals surface area contributed by atoms with Gasteiger partial charge >= 0.3 is 0 Å². The highest BCUT2D eigenvalue weighted by Crippen LogP contribution is 2.39. The lowest BCUT2D eigenvalue weighted by Crippen LogP contribution is -2.55. The Morgan fingerprint density at radius 1 is 1.11 bits per heavy atom. The van der Waals surface area contributed by atoms with Crippen molar-refractivity contribution in [3.05, 3.63) is 29.8 Å². The first kappa shape index (κ1) is 20.2. The molecule has 0 spiro atoms. The van der Waals surface area contributed by atoms with E-state index in [-0.39, 0.29) is 42.8 Å². The number of fused-ring (bicyclic) bond motifs is 3. The van der Waals surface area contributed by atoms with Gasteiger partial charge in [0.15, 0.2) is 0 Å². The number of hydrogen-bond donors (Lipinski definition) is 2. The van der Waals surface area contributed by atoms with Crippen molar-refractivity contribution in [2.24, 2.45) is 17.6 Å². The van der Waals surface area contributed by atoms with Crippen LogP contribution in [0.1, 0.15) is 50.5 Å². The molecule has 6 heteroatoms. The molecule has 3 N–H and O–H groups in total. The molecule has 0 aromatic heterocycles. The van der Waals surface area contributed by atoms with E-state index in [9.17, 15) is 9.59 Å². The quantitative estimate of drug-likeness (QED) is 0.831. The summed E-state index contributed by atoms with van der Waals surface area (Å²) in [6.45, 7) is 0.123. The zero-order chi connectivity index (χ0) is 18.1. The summed E-state index contributed by atoms with van der Waals surface area (Å²) in [6.07, 6.45) is 7.81. The molecule has 4 rings (SSSR count). The van der Waals surface area contributed by atoms with Crippen molar-refractivity contribution in [1.29, 1.82) is 0 Å². The summed E-state index contributed by atoms with van der Waals surface area (Å²) in [5, 5.41) is 3.27. The van der Waals surface area contributed by atoms with Crippen LogP contribution in [-0.2, 0) is 16.0 Å². The molecule has 1 aliphatic heterocycles. The summed E-state index contributed by atoms with van der Waals surface area (Å²) < 4.78 is 0. The Bertz CT molecular complexity index is 682. The molecule has 2 atom stereocenters. The Hall–Kier alpha value is -1.59. The fourth-order valence-corrected chi connectivity index (χ4v) is 5.26. The van der Waals surface area contributed by atoms with Gasteiger partial charge in [0.05, 0.1) is 0 Å². The van der Waals surface area contributed by atoms with E-state index in [0.29, 0.717) is 18.3 Å². The summed E-state index contributed by atoms with van der Waals surface area (Å²) in [4.78, 5) is 27.1. The van der Waals surface area contributed by atoms with Crippen molar-refractivity contribution >= 4 is 29.9 Å². The predicted molar refractivity (Wildman–Crippen MR) is 109 cm³/mol. The van der Waals surface area contributed by atoms with Crippen molar-refractivity contribution in [2.45, 2.75) is 63.5 Å². The van der Waals surface area contributed by atoms with Crippen molar-refractivity contribution in [1.82, 2.24) is 5.32 Å². The molecule has 1 heterocycles. The van der Waals surface area contributed by atoms with Gasteiger partial charge in [-0.1, -0.05) is 24.6 Å². The van der Waals surface area contributed by atoms with Crippen LogP contribution in [0.5, 0.6) is 0 Å². The number of halogens is 1. The van der Waals surface area contributed by atoms with E-state index < -0.39 is 0 Å². The third kappa shape index (κ3) is 4.30.